The summed E-state index contributed by atoms with van der Waals surface area (Å²) in [6.07, 6.45) is 0. The summed E-state index contributed by atoms with van der Waals surface area (Å²) in [5.74, 6) is 0.170. The highest BCUT2D eigenvalue weighted by Gasteiger charge is 2.06. The van der Waals surface area contributed by atoms with Crippen LogP contribution in [0.15, 0.2) is 66.7 Å². The summed E-state index contributed by atoms with van der Waals surface area (Å²) in [5, 5.41) is 2.29. The van der Waals surface area contributed by atoms with Crippen LogP contribution in [0, 0.1) is 0 Å². The summed E-state index contributed by atoms with van der Waals surface area (Å²) in [5.41, 5.74) is 2.05. The predicted octanol–water partition coefficient (Wildman–Crippen LogP) is 5.11. The van der Waals surface area contributed by atoms with Gasteiger partial charge in [-0.25, -0.2) is 0 Å². The molecule has 3 aromatic carbocycles. The molecule has 0 radical (unpaired) electrons. The van der Waals surface area contributed by atoms with Gasteiger partial charge < -0.3 is 4.74 Å². The summed E-state index contributed by atoms with van der Waals surface area (Å²) < 4.78 is 28.6. The van der Waals surface area contributed by atoms with E-state index in [1.807, 2.05) is 42.5 Å². The molecule has 0 unspecified atom stereocenters. The molecule has 0 heterocycles. The number of halogens is 2. The lowest BCUT2D eigenvalue weighted by Gasteiger charge is -2.08. The SMILES string of the molecule is FC(F)Oc1ccc(-c2cccc3ccccc23)cc1. The molecule has 0 saturated carbocycles. The molecule has 0 aromatic heterocycles. The van der Waals surface area contributed by atoms with Crippen molar-refractivity contribution in [3.63, 3.8) is 0 Å². The van der Waals surface area contributed by atoms with Crippen molar-refractivity contribution in [2.45, 2.75) is 6.61 Å². The van der Waals surface area contributed by atoms with E-state index in [-0.39, 0.29) is 5.75 Å². The molecule has 1 nitrogen and oxygen atoms in total. The van der Waals surface area contributed by atoms with E-state index in [1.54, 1.807) is 24.3 Å². The first kappa shape index (κ1) is 12.6. The van der Waals surface area contributed by atoms with E-state index in [1.165, 1.54) is 0 Å². The quantitative estimate of drug-likeness (QED) is 0.642. The van der Waals surface area contributed by atoms with Crippen molar-refractivity contribution in [3.8, 4) is 16.9 Å². The number of hydrogen-bond acceptors (Lipinski definition) is 1. The maximum absolute atomic E-state index is 12.1. The molecule has 3 heteroatoms. The molecule has 0 atom stereocenters. The maximum Gasteiger partial charge on any atom is 0.387 e. The van der Waals surface area contributed by atoms with Gasteiger partial charge in [0.25, 0.3) is 0 Å². The van der Waals surface area contributed by atoms with Gasteiger partial charge in [0.2, 0.25) is 0 Å². The van der Waals surface area contributed by atoms with Gasteiger partial charge in [0.15, 0.2) is 0 Å². The van der Waals surface area contributed by atoms with Gasteiger partial charge in [-0.2, -0.15) is 8.78 Å². The molecule has 0 spiro atoms. The summed E-state index contributed by atoms with van der Waals surface area (Å²) in [6, 6.07) is 20.8. The van der Waals surface area contributed by atoms with Crippen molar-refractivity contribution in [2.24, 2.45) is 0 Å². The maximum atomic E-state index is 12.1. The van der Waals surface area contributed by atoms with Crippen LogP contribution in [0.4, 0.5) is 8.78 Å². The van der Waals surface area contributed by atoms with E-state index < -0.39 is 6.61 Å². The Kier molecular flexibility index (Phi) is 3.33. The number of alkyl halides is 2. The van der Waals surface area contributed by atoms with E-state index in [9.17, 15) is 8.78 Å². The molecule has 0 amide bonds. The van der Waals surface area contributed by atoms with Crippen LogP contribution in [-0.2, 0) is 0 Å². The number of fused-ring (bicyclic) bond motifs is 1. The second-order valence-electron chi connectivity index (χ2n) is 4.43. The average Bonchev–Trinajstić information content (AvgIpc) is 2.47. The highest BCUT2D eigenvalue weighted by Crippen LogP contribution is 2.29. The number of rotatable bonds is 3. The van der Waals surface area contributed by atoms with Crippen molar-refractivity contribution in [1.82, 2.24) is 0 Å². The zero-order valence-electron chi connectivity index (χ0n) is 10.6. The summed E-state index contributed by atoms with van der Waals surface area (Å²) in [7, 11) is 0. The molecule has 0 saturated heterocycles. The van der Waals surface area contributed by atoms with E-state index in [4.69, 9.17) is 0 Å². The Morgan fingerprint density at radius 2 is 1.45 bits per heavy atom. The first-order chi connectivity index (χ1) is 9.74. The van der Waals surface area contributed by atoms with Gasteiger partial charge in [-0.15, -0.1) is 0 Å². The van der Waals surface area contributed by atoms with Crippen LogP contribution in [-0.4, -0.2) is 6.61 Å². The van der Waals surface area contributed by atoms with Gasteiger partial charge in [-0.3, -0.25) is 0 Å². The smallest absolute Gasteiger partial charge is 0.387 e. The molecular formula is C17H12F2O. The molecule has 0 N–H and O–H groups in total. The van der Waals surface area contributed by atoms with Crippen LogP contribution in [0.25, 0.3) is 21.9 Å². The molecule has 3 aromatic rings. The summed E-state index contributed by atoms with van der Waals surface area (Å²) in [4.78, 5) is 0. The van der Waals surface area contributed by atoms with Crippen molar-refractivity contribution in [1.29, 1.82) is 0 Å². The predicted molar refractivity (Wildman–Crippen MR) is 76.0 cm³/mol. The molecule has 3 rings (SSSR count). The van der Waals surface area contributed by atoms with Gasteiger partial charge in [0.1, 0.15) is 5.75 Å². The molecule has 0 aliphatic rings. The van der Waals surface area contributed by atoms with E-state index in [2.05, 4.69) is 4.74 Å². The third kappa shape index (κ3) is 2.48. The van der Waals surface area contributed by atoms with Gasteiger partial charge in [-0.1, -0.05) is 54.6 Å². The summed E-state index contributed by atoms with van der Waals surface area (Å²) >= 11 is 0. The lowest BCUT2D eigenvalue weighted by molar-refractivity contribution is -0.0498. The average molecular weight is 270 g/mol. The van der Waals surface area contributed by atoms with Crippen molar-refractivity contribution in [3.05, 3.63) is 66.7 Å². The second kappa shape index (κ2) is 5.29. The normalized spacial score (nSPS) is 10.9. The molecule has 0 aliphatic carbocycles. The molecule has 0 bridgehead atoms. The Morgan fingerprint density at radius 1 is 0.750 bits per heavy atom. The van der Waals surface area contributed by atoms with E-state index in [0.29, 0.717) is 0 Å². The topological polar surface area (TPSA) is 9.23 Å². The minimum Gasteiger partial charge on any atom is -0.435 e. The van der Waals surface area contributed by atoms with Gasteiger partial charge in [0.05, 0.1) is 0 Å². The third-order valence-electron chi connectivity index (χ3n) is 3.18. The van der Waals surface area contributed by atoms with Crippen LogP contribution < -0.4 is 4.74 Å². The molecule has 0 fully saturated rings. The van der Waals surface area contributed by atoms with Gasteiger partial charge in [0, 0.05) is 0 Å². The standard InChI is InChI=1S/C17H12F2O/c18-17(19)20-14-10-8-13(9-11-14)16-7-3-5-12-4-1-2-6-15(12)16/h1-11,17H. The zero-order valence-corrected chi connectivity index (χ0v) is 10.6. The van der Waals surface area contributed by atoms with Crippen LogP contribution in [0.2, 0.25) is 0 Å². The largest absolute Gasteiger partial charge is 0.435 e. The molecular weight excluding hydrogens is 258 g/mol. The van der Waals surface area contributed by atoms with Gasteiger partial charge in [-0.05, 0) is 34.0 Å². The Balaban J connectivity index is 2.03. The van der Waals surface area contributed by atoms with E-state index >= 15 is 0 Å². The van der Waals surface area contributed by atoms with Crippen molar-refractivity contribution >= 4 is 10.8 Å². The molecule has 20 heavy (non-hydrogen) atoms. The Hall–Kier alpha value is -2.42. The second-order valence-corrected chi connectivity index (χ2v) is 4.43. The van der Waals surface area contributed by atoms with Crippen molar-refractivity contribution < 1.29 is 13.5 Å². The zero-order chi connectivity index (χ0) is 13.9. The van der Waals surface area contributed by atoms with Crippen LogP contribution in [0.1, 0.15) is 0 Å². The number of ether oxygens (including phenoxy) is 1. The third-order valence-corrected chi connectivity index (χ3v) is 3.18. The lowest BCUT2D eigenvalue weighted by atomic mass is 9.98. The lowest BCUT2D eigenvalue weighted by Crippen LogP contribution is -2.01. The summed E-state index contributed by atoms with van der Waals surface area (Å²) in [6.45, 7) is -2.79. The highest BCUT2D eigenvalue weighted by molar-refractivity contribution is 5.96. The first-order valence-electron chi connectivity index (χ1n) is 6.27. The Labute approximate surface area is 115 Å². The highest BCUT2D eigenvalue weighted by atomic mass is 19.3. The minimum atomic E-state index is -2.79. The van der Waals surface area contributed by atoms with Crippen LogP contribution >= 0.6 is 0 Å². The minimum absolute atomic E-state index is 0.170. The molecule has 100 valence electrons. The fourth-order valence-electron chi connectivity index (χ4n) is 2.29. The van der Waals surface area contributed by atoms with Crippen LogP contribution in [0.3, 0.4) is 0 Å². The fourth-order valence-corrected chi connectivity index (χ4v) is 2.29. The number of benzene rings is 3. The van der Waals surface area contributed by atoms with E-state index in [0.717, 1.165) is 21.9 Å². The first-order valence-corrected chi connectivity index (χ1v) is 6.27. The van der Waals surface area contributed by atoms with Crippen molar-refractivity contribution in [2.75, 3.05) is 0 Å². The number of hydrogen-bond donors (Lipinski definition) is 0. The monoisotopic (exact) mass is 270 g/mol. The molecule has 0 aliphatic heterocycles. The Bertz CT molecular complexity index is 715. The Morgan fingerprint density at radius 3 is 2.20 bits per heavy atom. The van der Waals surface area contributed by atoms with Crippen LogP contribution in [0.5, 0.6) is 5.75 Å². The fraction of sp³-hybridized carbons (Fsp3) is 0.0588. The van der Waals surface area contributed by atoms with Gasteiger partial charge >= 0.3 is 6.61 Å².